The highest BCUT2D eigenvalue weighted by Crippen LogP contribution is 2.47. The molecule has 0 bridgehead atoms. The topological polar surface area (TPSA) is 52.6 Å². The predicted octanol–water partition coefficient (Wildman–Crippen LogP) is 0.849. The molecule has 0 aromatic rings. The Morgan fingerprint density at radius 3 is 1.75 bits per heavy atom. The molecule has 4 heteroatoms. The smallest absolute Gasteiger partial charge is 0.305 e. The molecule has 0 aliphatic heterocycles. The summed E-state index contributed by atoms with van der Waals surface area (Å²) in [6, 6.07) is 0. The summed E-state index contributed by atoms with van der Waals surface area (Å²) < 4.78 is 9.78. The second kappa shape index (κ2) is 2.77. The van der Waals surface area contributed by atoms with Gasteiger partial charge in [-0.05, 0) is 0 Å². The summed E-state index contributed by atoms with van der Waals surface area (Å²) in [5.74, 6) is -1.66. The summed E-state index contributed by atoms with van der Waals surface area (Å²) in [5.41, 5.74) is 0. The van der Waals surface area contributed by atoms with Gasteiger partial charge in [0, 0.05) is 26.2 Å². The van der Waals surface area contributed by atoms with Gasteiger partial charge >= 0.3 is 11.9 Å². The molecule has 0 saturated heterocycles. The molecular weight excluding hydrogens is 160 g/mol. The van der Waals surface area contributed by atoms with Crippen molar-refractivity contribution in [2.45, 2.75) is 33.0 Å². The Labute approximate surface area is 70.8 Å². The Balaban J connectivity index is 2.54. The molecule has 1 saturated carbocycles. The van der Waals surface area contributed by atoms with Gasteiger partial charge < -0.3 is 9.47 Å². The first-order valence-corrected chi connectivity index (χ1v) is 3.85. The molecular formula is C8H12O4. The molecule has 68 valence electrons. The van der Waals surface area contributed by atoms with Crippen LogP contribution >= 0.6 is 0 Å². The van der Waals surface area contributed by atoms with E-state index >= 15 is 0 Å². The number of esters is 2. The first-order valence-electron chi connectivity index (χ1n) is 3.85. The molecule has 0 aromatic heterocycles. The van der Waals surface area contributed by atoms with E-state index in [1.165, 1.54) is 13.8 Å². The van der Waals surface area contributed by atoms with Gasteiger partial charge in [-0.25, -0.2) is 0 Å². The van der Waals surface area contributed by atoms with Crippen LogP contribution in [0.4, 0.5) is 0 Å². The van der Waals surface area contributed by atoms with E-state index < -0.39 is 17.7 Å². The summed E-state index contributed by atoms with van der Waals surface area (Å²) >= 11 is 0. The summed E-state index contributed by atoms with van der Waals surface area (Å²) in [4.78, 5) is 21.2. The molecule has 1 atom stereocenters. The van der Waals surface area contributed by atoms with Crippen LogP contribution < -0.4 is 0 Å². The van der Waals surface area contributed by atoms with Crippen LogP contribution in [0, 0.1) is 5.92 Å². The molecule has 0 N–H and O–H groups in total. The predicted molar refractivity (Wildman–Crippen MR) is 40.0 cm³/mol. The van der Waals surface area contributed by atoms with Crippen molar-refractivity contribution < 1.29 is 19.1 Å². The average Bonchev–Trinajstić information content (AvgIpc) is 2.36. The van der Waals surface area contributed by atoms with E-state index in [0.717, 1.165) is 0 Å². The van der Waals surface area contributed by atoms with E-state index in [4.69, 9.17) is 9.47 Å². The van der Waals surface area contributed by atoms with E-state index in [9.17, 15) is 9.59 Å². The number of ether oxygens (including phenoxy) is 2. The van der Waals surface area contributed by atoms with Crippen LogP contribution in [0.1, 0.15) is 27.2 Å². The standard InChI is InChI=1S/C8H12O4/c1-5-4-8(5,11-6(2)9)12-7(3)10/h5H,4H2,1-3H3. The lowest BCUT2D eigenvalue weighted by Crippen LogP contribution is -2.26. The molecule has 0 amide bonds. The minimum atomic E-state index is -0.947. The van der Waals surface area contributed by atoms with Crippen molar-refractivity contribution in [2.75, 3.05) is 0 Å². The van der Waals surface area contributed by atoms with Crippen LogP contribution in [0.5, 0.6) is 0 Å². The van der Waals surface area contributed by atoms with Gasteiger partial charge in [0.1, 0.15) is 0 Å². The maximum Gasteiger partial charge on any atom is 0.305 e. The first-order chi connectivity index (χ1) is 5.46. The monoisotopic (exact) mass is 172 g/mol. The van der Waals surface area contributed by atoms with Gasteiger partial charge in [0.15, 0.2) is 0 Å². The number of carbonyl (C=O) groups excluding carboxylic acids is 2. The van der Waals surface area contributed by atoms with Crippen molar-refractivity contribution in [2.24, 2.45) is 5.92 Å². The molecule has 0 aromatic carbocycles. The molecule has 1 aliphatic rings. The minimum absolute atomic E-state index is 0.116. The lowest BCUT2D eigenvalue weighted by molar-refractivity contribution is -0.196. The third-order valence-electron chi connectivity index (χ3n) is 1.81. The average molecular weight is 172 g/mol. The molecule has 1 fully saturated rings. The number of rotatable bonds is 2. The van der Waals surface area contributed by atoms with Crippen molar-refractivity contribution in [3.63, 3.8) is 0 Å². The van der Waals surface area contributed by atoms with E-state index in [2.05, 4.69) is 0 Å². The fourth-order valence-corrected chi connectivity index (χ4v) is 1.16. The van der Waals surface area contributed by atoms with Crippen LogP contribution in [0.2, 0.25) is 0 Å². The quantitative estimate of drug-likeness (QED) is 0.457. The normalized spacial score (nSPS) is 24.4. The first kappa shape index (κ1) is 9.03. The van der Waals surface area contributed by atoms with Gasteiger partial charge in [0.25, 0.3) is 5.79 Å². The van der Waals surface area contributed by atoms with Gasteiger partial charge in [-0.3, -0.25) is 9.59 Å². The Bertz CT molecular complexity index is 205. The molecule has 0 heterocycles. The number of hydrogen-bond acceptors (Lipinski definition) is 4. The molecule has 0 spiro atoms. The molecule has 0 radical (unpaired) electrons. The maximum absolute atomic E-state index is 10.6. The zero-order valence-corrected chi connectivity index (χ0v) is 7.42. The third-order valence-corrected chi connectivity index (χ3v) is 1.81. The molecule has 12 heavy (non-hydrogen) atoms. The lowest BCUT2D eigenvalue weighted by atomic mass is 10.5. The SMILES string of the molecule is CC(=O)OC1(OC(C)=O)CC1C. The zero-order valence-electron chi connectivity index (χ0n) is 7.42. The van der Waals surface area contributed by atoms with E-state index in [0.29, 0.717) is 6.42 Å². The fourth-order valence-electron chi connectivity index (χ4n) is 1.16. The van der Waals surface area contributed by atoms with E-state index in [-0.39, 0.29) is 5.92 Å². The summed E-state index contributed by atoms with van der Waals surface area (Å²) in [7, 11) is 0. The van der Waals surface area contributed by atoms with Crippen LogP contribution in [-0.2, 0) is 19.1 Å². The van der Waals surface area contributed by atoms with Crippen molar-refractivity contribution in [3.05, 3.63) is 0 Å². The summed E-state index contributed by atoms with van der Waals surface area (Å²) in [6.45, 7) is 4.47. The largest absolute Gasteiger partial charge is 0.422 e. The zero-order chi connectivity index (χ0) is 9.35. The molecule has 1 rings (SSSR count). The maximum atomic E-state index is 10.6. The Morgan fingerprint density at radius 2 is 1.58 bits per heavy atom. The van der Waals surface area contributed by atoms with Gasteiger partial charge in [0.2, 0.25) is 0 Å². The summed E-state index contributed by atoms with van der Waals surface area (Å²) in [5, 5.41) is 0. The fraction of sp³-hybridized carbons (Fsp3) is 0.750. The second-order valence-electron chi connectivity index (χ2n) is 3.10. The Hall–Kier alpha value is -1.06. The Kier molecular flexibility index (Phi) is 2.08. The third kappa shape index (κ3) is 1.75. The van der Waals surface area contributed by atoms with Crippen molar-refractivity contribution in [1.29, 1.82) is 0 Å². The van der Waals surface area contributed by atoms with Crippen molar-refractivity contribution in [3.8, 4) is 0 Å². The van der Waals surface area contributed by atoms with Gasteiger partial charge in [-0.2, -0.15) is 0 Å². The summed E-state index contributed by atoms with van der Waals surface area (Å²) in [6.07, 6.45) is 0.603. The molecule has 1 unspecified atom stereocenters. The van der Waals surface area contributed by atoms with E-state index in [1.807, 2.05) is 6.92 Å². The number of hydrogen-bond donors (Lipinski definition) is 0. The highest BCUT2D eigenvalue weighted by molar-refractivity contribution is 5.69. The van der Waals surface area contributed by atoms with Gasteiger partial charge in [0.05, 0.1) is 0 Å². The lowest BCUT2D eigenvalue weighted by Gasteiger charge is -2.15. The molecule has 4 nitrogen and oxygen atoms in total. The highest BCUT2D eigenvalue weighted by Gasteiger charge is 2.58. The second-order valence-corrected chi connectivity index (χ2v) is 3.10. The van der Waals surface area contributed by atoms with Crippen LogP contribution in [0.15, 0.2) is 0 Å². The van der Waals surface area contributed by atoms with Crippen LogP contribution in [0.25, 0.3) is 0 Å². The molecule has 1 aliphatic carbocycles. The van der Waals surface area contributed by atoms with Gasteiger partial charge in [-0.1, -0.05) is 6.92 Å². The minimum Gasteiger partial charge on any atom is -0.422 e. The van der Waals surface area contributed by atoms with Crippen LogP contribution in [-0.4, -0.2) is 17.7 Å². The Morgan fingerprint density at radius 1 is 1.25 bits per heavy atom. The van der Waals surface area contributed by atoms with Gasteiger partial charge in [-0.15, -0.1) is 0 Å². The highest BCUT2D eigenvalue weighted by atomic mass is 16.7. The number of carbonyl (C=O) groups is 2. The van der Waals surface area contributed by atoms with E-state index in [1.54, 1.807) is 0 Å². The van der Waals surface area contributed by atoms with Crippen LogP contribution in [0.3, 0.4) is 0 Å². The van der Waals surface area contributed by atoms with Crippen molar-refractivity contribution >= 4 is 11.9 Å². The van der Waals surface area contributed by atoms with Crippen molar-refractivity contribution in [1.82, 2.24) is 0 Å².